The largest absolute Gasteiger partial charge is 0.394 e. The Labute approximate surface area is 303 Å². The molecule has 0 amide bonds. The van der Waals surface area contributed by atoms with Crippen molar-refractivity contribution in [2.24, 2.45) is 0 Å². The Kier molecular flexibility index (Phi) is 12.8. The number of halogens is 4. The quantitative estimate of drug-likeness (QED) is 0.106. The molecule has 0 atom stereocenters. The van der Waals surface area contributed by atoms with Crippen LogP contribution in [0.3, 0.4) is 0 Å². The summed E-state index contributed by atoms with van der Waals surface area (Å²) in [5.41, 5.74) is 6.43. The molecule has 51 heavy (non-hydrogen) atoms. The fraction of sp³-hybridized carbons (Fsp3) is 0.111. The molecule has 0 aliphatic heterocycles. The average molecular weight is 750 g/mol. The zero-order valence-corrected chi connectivity index (χ0v) is 29.7. The number of nitrogens with zero attached hydrogens (tertiary/aromatic N) is 6. The second kappa shape index (κ2) is 17.0. The van der Waals surface area contributed by atoms with Crippen LogP contribution < -0.4 is 0 Å². The van der Waals surface area contributed by atoms with Gasteiger partial charge in [-0.2, -0.15) is 8.42 Å². The zero-order chi connectivity index (χ0) is 37.3. The van der Waals surface area contributed by atoms with Crippen molar-refractivity contribution >= 4 is 33.6 Å². The molecular weight excluding hydrogens is 721 g/mol. The molecule has 0 aliphatic carbocycles. The van der Waals surface area contributed by atoms with Gasteiger partial charge in [-0.1, -0.05) is 35.0 Å². The van der Waals surface area contributed by atoms with Crippen LogP contribution in [-0.2, 0) is 10.4 Å². The first kappa shape index (κ1) is 38.4. The summed E-state index contributed by atoms with van der Waals surface area (Å²) >= 11 is 11.7. The van der Waals surface area contributed by atoms with Crippen molar-refractivity contribution in [1.29, 1.82) is 0 Å². The van der Waals surface area contributed by atoms with E-state index in [0.717, 1.165) is 45.5 Å². The van der Waals surface area contributed by atoms with Crippen molar-refractivity contribution in [1.82, 2.24) is 29.1 Å². The Bertz CT molecular complexity index is 2250. The van der Waals surface area contributed by atoms with E-state index in [1.54, 1.807) is 60.9 Å². The van der Waals surface area contributed by atoms with E-state index in [0.29, 0.717) is 21.7 Å². The van der Waals surface area contributed by atoms with Crippen molar-refractivity contribution in [2.45, 2.75) is 27.7 Å². The van der Waals surface area contributed by atoms with Gasteiger partial charge in [-0.15, -0.1) is 0 Å². The van der Waals surface area contributed by atoms with Gasteiger partial charge in [0, 0.05) is 34.9 Å². The first-order valence-electron chi connectivity index (χ1n) is 14.7. The van der Waals surface area contributed by atoms with E-state index in [9.17, 15) is 8.78 Å². The van der Waals surface area contributed by atoms with E-state index in [4.69, 9.17) is 40.7 Å². The van der Waals surface area contributed by atoms with Crippen molar-refractivity contribution in [3.8, 4) is 35.1 Å². The van der Waals surface area contributed by atoms with Gasteiger partial charge in [-0.05, 0) is 112 Å². The lowest BCUT2D eigenvalue weighted by Gasteiger charge is -2.07. The molecular formula is C36H28Cl2F2N6O4S. The van der Waals surface area contributed by atoms with E-state index in [1.807, 2.05) is 36.8 Å². The van der Waals surface area contributed by atoms with E-state index < -0.39 is 10.4 Å². The highest BCUT2D eigenvalue weighted by molar-refractivity contribution is 7.79. The fourth-order valence-electron chi connectivity index (χ4n) is 4.68. The second-order valence-corrected chi connectivity index (χ2v) is 12.2. The SMILES string of the molecule is Cc1nc(C#Cc2ccnc(Cl)c2)c(C)n1-c1ccc(F)cc1.Cc1nc(C#Cc2ccnc(Cl)c2)c(C)n1-c1ccc(F)cc1.O=S(=O)(O)O. The molecule has 4 heterocycles. The van der Waals surface area contributed by atoms with Gasteiger partial charge < -0.3 is 0 Å². The van der Waals surface area contributed by atoms with Crippen LogP contribution in [-0.4, -0.2) is 46.6 Å². The monoisotopic (exact) mass is 748 g/mol. The van der Waals surface area contributed by atoms with Crippen molar-refractivity contribution in [2.75, 3.05) is 0 Å². The van der Waals surface area contributed by atoms with Crippen LogP contribution in [0.1, 0.15) is 45.6 Å². The fourth-order valence-corrected chi connectivity index (χ4v) is 5.03. The number of hydrogen-bond acceptors (Lipinski definition) is 6. The number of pyridine rings is 2. The molecule has 6 rings (SSSR count). The van der Waals surface area contributed by atoms with Gasteiger partial charge in [-0.25, -0.2) is 28.7 Å². The predicted molar refractivity (Wildman–Crippen MR) is 191 cm³/mol. The Morgan fingerprint density at radius 1 is 0.608 bits per heavy atom. The van der Waals surface area contributed by atoms with Gasteiger partial charge in [0.25, 0.3) is 0 Å². The third-order valence-electron chi connectivity index (χ3n) is 6.82. The zero-order valence-electron chi connectivity index (χ0n) is 27.4. The first-order chi connectivity index (χ1) is 24.1. The van der Waals surface area contributed by atoms with Crippen LogP contribution >= 0.6 is 23.2 Å². The molecule has 260 valence electrons. The van der Waals surface area contributed by atoms with Gasteiger partial charge in [0.1, 0.15) is 45.0 Å². The van der Waals surface area contributed by atoms with Gasteiger partial charge in [0.2, 0.25) is 0 Å². The van der Waals surface area contributed by atoms with Crippen LogP contribution in [0.2, 0.25) is 10.3 Å². The Morgan fingerprint density at radius 2 is 0.941 bits per heavy atom. The predicted octanol–water partition coefficient (Wildman–Crippen LogP) is 7.50. The van der Waals surface area contributed by atoms with Crippen LogP contribution in [0.5, 0.6) is 0 Å². The molecule has 0 aliphatic rings. The Balaban J connectivity index is 0.000000202. The highest BCUT2D eigenvalue weighted by Gasteiger charge is 2.12. The smallest absolute Gasteiger partial charge is 0.300 e. The lowest BCUT2D eigenvalue weighted by atomic mass is 10.2. The first-order valence-corrected chi connectivity index (χ1v) is 16.8. The Morgan fingerprint density at radius 3 is 1.25 bits per heavy atom. The van der Waals surface area contributed by atoms with E-state index in [-0.39, 0.29) is 11.6 Å². The molecule has 0 saturated carbocycles. The van der Waals surface area contributed by atoms with Crippen LogP contribution in [0.4, 0.5) is 8.78 Å². The molecule has 4 aromatic heterocycles. The summed E-state index contributed by atoms with van der Waals surface area (Å²) in [5, 5.41) is 0.808. The second-order valence-electron chi connectivity index (χ2n) is 10.5. The lowest BCUT2D eigenvalue weighted by Crippen LogP contribution is -1.99. The molecule has 0 unspecified atom stereocenters. The number of rotatable bonds is 2. The molecule has 0 bridgehead atoms. The van der Waals surface area contributed by atoms with E-state index in [2.05, 4.69) is 43.6 Å². The summed E-state index contributed by atoms with van der Waals surface area (Å²) in [6, 6.07) is 19.6. The summed E-state index contributed by atoms with van der Waals surface area (Å²) in [4.78, 5) is 16.8. The third kappa shape index (κ3) is 11.3. The van der Waals surface area contributed by atoms with E-state index in [1.165, 1.54) is 24.3 Å². The van der Waals surface area contributed by atoms with Gasteiger partial charge in [-0.3, -0.25) is 18.2 Å². The number of hydrogen-bond donors (Lipinski definition) is 2. The third-order valence-corrected chi connectivity index (χ3v) is 7.24. The number of imidazole rings is 2. The molecule has 0 radical (unpaired) electrons. The highest BCUT2D eigenvalue weighted by Crippen LogP contribution is 2.19. The Hall–Kier alpha value is -5.41. The van der Waals surface area contributed by atoms with Crippen LogP contribution in [0.25, 0.3) is 11.4 Å². The van der Waals surface area contributed by atoms with Crippen molar-refractivity contribution in [3.63, 3.8) is 0 Å². The topological polar surface area (TPSA) is 136 Å². The van der Waals surface area contributed by atoms with Crippen LogP contribution in [0.15, 0.2) is 85.2 Å². The standard InChI is InChI=1S/2C18H13ClFN3.H2O4S/c2*1-12-17(8-3-14-9-10-21-18(19)11-14)22-13(2)23(12)16-6-4-15(20)5-7-16;1-5(2,3)4/h2*4-7,9-11H,1-2H3;(H2,1,2,3,4). The van der Waals surface area contributed by atoms with Gasteiger partial charge >= 0.3 is 10.4 Å². The summed E-state index contributed by atoms with van der Waals surface area (Å²) in [6.45, 7) is 7.66. The molecule has 0 saturated heterocycles. The summed E-state index contributed by atoms with van der Waals surface area (Å²) in [5.74, 6) is 13.2. The summed E-state index contributed by atoms with van der Waals surface area (Å²) in [6.07, 6.45) is 3.23. The summed E-state index contributed by atoms with van der Waals surface area (Å²) < 4.78 is 61.7. The minimum atomic E-state index is -4.67. The van der Waals surface area contributed by atoms with Crippen molar-refractivity contribution < 1.29 is 26.3 Å². The maximum absolute atomic E-state index is 13.1. The minimum absolute atomic E-state index is 0.265. The summed E-state index contributed by atoms with van der Waals surface area (Å²) in [7, 11) is -4.67. The normalized spacial score (nSPS) is 10.4. The number of aromatic nitrogens is 6. The van der Waals surface area contributed by atoms with Crippen molar-refractivity contribution in [3.05, 3.63) is 153 Å². The van der Waals surface area contributed by atoms with Gasteiger partial charge in [0.05, 0.1) is 11.4 Å². The van der Waals surface area contributed by atoms with E-state index >= 15 is 0 Å². The van der Waals surface area contributed by atoms with Gasteiger partial charge in [0.15, 0.2) is 0 Å². The maximum atomic E-state index is 13.1. The average Bonchev–Trinajstić information content (AvgIpc) is 3.51. The lowest BCUT2D eigenvalue weighted by molar-refractivity contribution is 0.381. The highest BCUT2D eigenvalue weighted by atomic mass is 35.5. The maximum Gasteiger partial charge on any atom is 0.394 e. The molecule has 15 heteroatoms. The molecule has 6 aromatic rings. The number of aryl methyl sites for hydroxylation is 2. The molecule has 0 spiro atoms. The molecule has 0 fully saturated rings. The molecule has 10 nitrogen and oxygen atoms in total. The number of benzene rings is 2. The minimum Gasteiger partial charge on any atom is -0.300 e. The van der Waals surface area contributed by atoms with Crippen LogP contribution in [0, 0.1) is 63.0 Å². The molecule has 2 aromatic carbocycles. The molecule has 2 N–H and O–H groups in total.